The zero-order valence-corrected chi connectivity index (χ0v) is 13.8. The molecule has 0 spiro atoms. The van der Waals surface area contributed by atoms with E-state index in [4.69, 9.17) is 0 Å². The van der Waals surface area contributed by atoms with Gasteiger partial charge in [0.1, 0.15) is 0 Å². The first kappa shape index (κ1) is 14.5. The Kier molecular flexibility index (Phi) is 6.12. The lowest BCUT2D eigenvalue weighted by molar-refractivity contribution is 0.387. The standard InChI is InChI=1S/C14H20Br2N2/c15-11-8-13(16)14(18-9-11)10-17-12-6-4-2-1-3-5-7-12/h8-9,12,17H,1-7,10H2. The molecule has 0 unspecified atom stereocenters. The van der Waals surface area contributed by atoms with Gasteiger partial charge in [-0.1, -0.05) is 32.1 Å². The molecule has 1 heterocycles. The van der Waals surface area contributed by atoms with E-state index in [2.05, 4.69) is 48.2 Å². The number of aromatic nitrogens is 1. The van der Waals surface area contributed by atoms with Gasteiger partial charge in [-0.25, -0.2) is 0 Å². The van der Waals surface area contributed by atoms with Crippen LogP contribution in [0.2, 0.25) is 0 Å². The van der Waals surface area contributed by atoms with E-state index in [1.165, 1.54) is 44.9 Å². The summed E-state index contributed by atoms with van der Waals surface area (Å²) in [7, 11) is 0. The highest BCUT2D eigenvalue weighted by molar-refractivity contribution is 9.11. The maximum Gasteiger partial charge on any atom is 0.0684 e. The monoisotopic (exact) mass is 374 g/mol. The molecule has 1 aromatic rings. The molecule has 2 nitrogen and oxygen atoms in total. The molecule has 2 rings (SSSR count). The summed E-state index contributed by atoms with van der Waals surface area (Å²) in [6, 6.07) is 2.73. The zero-order valence-electron chi connectivity index (χ0n) is 10.6. The SMILES string of the molecule is Brc1cnc(CNC2CCCCCCC2)c(Br)c1. The van der Waals surface area contributed by atoms with E-state index in [-0.39, 0.29) is 0 Å². The van der Waals surface area contributed by atoms with Crippen molar-refractivity contribution in [1.29, 1.82) is 0 Å². The van der Waals surface area contributed by atoms with Gasteiger partial charge in [0.25, 0.3) is 0 Å². The lowest BCUT2D eigenvalue weighted by Crippen LogP contribution is -2.29. The topological polar surface area (TPSA) is 24.9 Å². The molecule has 0 atom stereocenters. The highest BCUT2D eigenvalue weighted by Gasteiger charge is 2.11. The van der Waals surface area contributed by atoms with Crippen LogP contribution in [0.5, 0.6) is 0 Å². The number of halogens is 2. The predicted molar refractivity (Wildman–Crippen MR) is 82.6 cm³/mol. The fourth-order valence-corrected chi connectivity index (χ4v) is 3.60. The number of nitrogens with one attached hydrogen (secondary N) is 1. The first-order chi connectivity index (χ1) is 8.75. The fraction of sp³-hybridized carbons (Fsp3) is 0.643. The third kappa shape index (κ3) is 4.63. The molecular weight excluding hydrogens is 356 g/mol. The number of hydrogen-bond donors (Lipinski definition) is 1. The van der Waals surface area contributed by atoms with Gasteiger partial charge in [-0.15, -0.1) is 0 Å². The van der Waals surface area contributed by atoms with E-state index in [1.807, 2.05) is 6.20 Å². The molecule has 0 bridgehead atoms. The van der Waals surface area contributed by atoms with E-state index >= 15 is 0 Å². The first-order valence-corrected chi connectivity index (χ1v) is 8.37. The molecule has 1 fully saturated rings. The Hall–Kier alpha value is 0.0700. The number of rotatable bonds is 3. The molecule has 1 N–H and O–H groups in total. The Balaban J connectivity index is 1.85. The second-order valence-corrected chi connectivity index (χ2v) is 6.78. The van der Waals surface area contributed by atoms with Crippen LogP contribution in [0.4, 0.5) is 0 Å². The van der Waals surface area contributed by atoms with Gasteiger partial charge < -0.3 is 5.32 Å². The minimum Gasteiger partial charge on any atom is -0.308 e. The molecule has 0 amide bonds. The second-order valence-electron chi connectivity index (χ2n) is 5.00. The van der Waals surface area contributed by atoms with Crippen molar-refractivity contribution in [2.24, 2.45) is 0 Å². The lowest BCUT2D eigenvalue weighted by atomic mass is 9.97. The van der Waals surface area contributed by atoms with Crippen LogP contribution in [0.15, 0.2) is 21.2 Å². The quantitative estimate of drug-likeness (QED) is 0.819. The molecule has 0 radical (unpaired) electrons. The third-order valence-electron chi connectivity index (χ3n) is 3.55. The van der Waals surface area contributed by atoms with E-state index in [0.29, 0.717) is 6.04 Å². The Bertz CT molecular complexity index is 374. The maximum absolute atomic E-state index is 4.45. The summed E-state index contributed by atoms with van der Waals surface area (Å²) < 4.78 is 2.10. The summed E-state index contributed by atoms with van der Waals surface area (Å²) in [6.45, 7) is 0.860. The number of hydrogen-bond acceptors (Lipinski definition) is 2. The summed E-state index contributed by atoms with van der Waals surface area (Å²) in [6.07, 6.45) is 11.4. The van der Waals surface area contributed by atoms with Gasteiger partial charge in [0.2, 0.25) is 0 Å². The fourth-order valence-electron chi connectivity index (χ4n) is 2.47. The summed E-state index contributed by atoms with van der Waals surface area (Å²) in [5.41, 5.74) is 1.10. The second kappa shape index (κ2) is 7.61. The lowest BCUT2D eigenvalue weighted by Gasteiger charge is -2.21. The van der Waals surface area contributed by atoms with Gasteiger partial charge in [0.05, 0.1) is 5.69 Å². The Morgan fingerprint density at radius 1 is 1.11 bits per heavy atom. The molecule has 1 aliphatic carbocycles. The van der Waals surface area contributed by atoms with E-state index in [0.717, 1.165) is 21.2 Å². The Labute approximate surface area is 126 Å². The average Bonchev–Trinajstić information content (AvgIpc) is 2.29. The molecular formula is C14H20Br2N2. The van der Waals surface area contributed by atoms with Crippen LogP contribution in [0.1, 0.15) is 50.6 Å². The van der Waals surface area contributed by atoms with Crippen LogP contribution in [0.3, 0.4) is 0 Å². The Morgan fingerprint density at radius 3 is 2.44 bits per heavy atom. The molecule has 0 aromatic carbocycles. The van der Waals surface area contributed by atoms with Crippen molar-refractivity contribution in [3.63, 3.8) is 0 Å². The molecule has 1 aromatic heterocycles. The van der Waals surface area contributed by atoms with Crippen molar-refractivity contribution < 1.29 is 0 Å². The van der Waals surface area contributed by atoms with E-state index in [9.17, 15) is 0 Å². The summed E-state index contributed by atoms with van der Waals surface area (Å²) in [5, 5.41) is 3.66. The maximum atomic E-state index is 4.45. The van der Waals surface area contributed by atoms with Gasteiger partial charge >= 0.3 is 0 Å². The van der Waals surface area contributed by atoms with Crippen LogP contribution in [0, 0.1) is 0 Å². The normalized spacial score (nSPS) is 18.3. The smallest absolute Gasteiger partial charge is 0.0684 e. The summed E-state index contributed by atoms with van der Waals surface area (Å²) >= 11 is 7.00. The number of nitrogens with zero attached hydrogens (tertiary/aromatic N) is 1. The van der Waals surface area contributed by atoms with Crippen LogP contribution in [-0.2, 0) is 6.54 Å². The molecule has 1 aliphatic rings. The van der Waals surface area contributed by atoms with Gasteiger partial charge in [0.15, 0.2) is 0 Å². The van der Waals surface area contributed by atoms with Crippen LogP contribution >= 0.6 is 31.9 Å². The van der Waals surface area contributed by atoms with Crippen LogP contribution in [0.25, 0.3) is 0 Å². The van der Waals surface area contributed by atoms with Gasteiger partial charge in [0, 0.05) is 27.7 Å². The van der Waals surface area contributed by atoms with Crippen molar-refractivity contribution in [1.82, 2.24) is 10.3 Å². The predicted octanol–water partition coefficient (Wildman–Crippen LogP) is 4.81. The van der Waals surface area contributed by atoms with Gasteiger partial charge in [-0.2, -0.15) is 0 Å². The minimum absolute atomic E-state index is 0.669. The highest BCUT2D eigenvalue weighted by atomic mass is 79.9. The molecule has 18 heavy (non-hydrogen) atoms. The minimum atomic E-state index is 0.669. The van der Waals surface area contributed by atoms with Crippen molar-refractivity contribution in [2.45, 2.75) is 57.5 Å². The van der Waals surface area contributed by atoms with E-state index in [1.54, 1.807) is 0 Å². The van der Waals surface area contributed by atoms with Crippen molar-refractivity contribution >= 4 is 31.9 Å². The number of pyridine rings is 1. The molecule has 4 heteroatoms. The zero-order chi connectivity index (χ0) is 12.8. The molecule has 0 saturated heterocycles. The van der Waals surface area contributed by atoms with Crippen molar-refractivity contribution in [3.05, 3.63) is 26.9 Å². The molecule has 1 saturated carbocycles. The summed E-state index contributed by atoms with van der Waals surface area (Å²) in [5.74, 6) is 0. The van der Waals surface area contributed by atoms with Crippen molar-refractivity contribution in [2.75, 3.05) is 0 Å². The largest absolute Gasteiger partial charge is 0.308 e. The van der Waals surface area contributed by atoms with Gasteiger partial charge in [-0.05, 0) is 50.8 Å². The van der Waals surface area contributed by atoms with Gasteiger partial charge in [-0.3, -0.25) is 4.98 Å². The third-order valence-corrected chi connectivity index (χ3v) is 4.67. The summed E-state index contributed by atoms with van der Waals surface area (Å²) in [4.78, 5) is 4.45. The van der Waals surface area contributed by atoms with Crippen LogP contribution < -0.4 is 5.32 Å². The van der Waals surface area contributed by atoms with E-state index < -0.39 is 0 Å². The molecule has 0 aliphatic heterocycles. The average molecular weight is 376 g/mol. The van der Waals surface area contributed by atoms with Crippen molar-refractivity contribution in [3.8, 4) is 0 Å². The highest BCUT2D eigenvalue weighted by Crippen LogP contribution is 2.21. The van der Waals surface area contributed by atoms with Crippen LogP contribution in [-0.4, -0.2) is 11.0 Å². The Morgan fingerprint density at radius 2 is 1.78 bits per heavy atom. The first-order valence-electron chi connectivity index (χ1n) is 6.79. The molecule has 100 valence electrons.